The molecule has 0 radical (unpaired) electrons. The molecule has 2 aromatic rings. The van der Waals surface area contributed by atoms with Crippen LogP contribution in [0.1, 0.15) is 16.7 Å². The lowest BCUT2D eigenvalue weighted by Gasteiger charge is -2.07. The number of rotatable bonds is 4. The fourth-order valence-corrected chi connectivity index (χ4v) is 3.35. The Labute approximate surface area is 157 Å². The van der Waals surface area contributed by atoms with Crippen molar-refractivity contribution in [2.45, 2.75) is 13.8 Å². The molecule has 26 heavy (non-hydrogen) atoms. The maximum Gasteiger partial charge on any atom is 0.264 e. The first kappa shape index (κ1) is 18.1. The molecule has 0 aliphatic carbocycles. The molecule has 1 fully saturated rings. The lowest BCUT2D eigenvalue weighted by atomic mass is 10.1. The van der Waals surface area contributed by atoms with E-state index >= 15 is 0 Å². The van der Waals surface area contributed by atoms with Gasteiger partial charge in [0.05, 0.1) is 24.8 Å². The van der Waals surface area contributed by atoms with Gasteiger partial charge in [-0.2, -0.15) is 0 Å². The van der Waals surface area contributed by atoms with Crippen molar-refractivity contribution < 1.29 is 14.3 Å². The van der Waals surface area contributed by atoms with Gasteiger partial charge in [-0.3, -0.25) is 4.79 Å². The Morgan fingerprint density at radius 2 is 1.92 bits per heavy atom. The summed E-state index contributed by atoms with van der Waals surface area (Å²) in [6.45, 7) is 4.07. The number of thioether (sulfide) groups is 1. The molecular weight excluding hydrogens is 348 g/mol. The maximum absolute atomic E-state index is 12.3. The Bertz CT molecular complexity index is 919. The molecule has 3 rings (SSSR count). The highest BCUT2D eigenvalue weighted by molar-refractivity contribution is 8.18. The largest absolute Gasteiger partial charge is 0.497 e. The van der Waals surface area contributed by atoms with E-state index in [4.69, 9.17) is 9.47 Å². The van der Waals surface area contributed by atoms with Crippen molar-refractivity contribution in [3.8, 4) is 11.5 Å². The van der Waals surface area contributed by atoms with Crippen LogP contribution in [0.3, 0.4) is 0 Å². The lowest BCUT2D eigenvalue weighted by Crippen LogP contribution is -2.19. The Balaban J connectivity index is 1.89. The van der Waals surface area contributed by atoms with E-state index in [1.54, 1.807) is 26.4 Å². The van der Waals surface area contributed by atoms with Gasteiger partial charge in [-0.25, -0.2) is 4.99 Å². The van der Waals surface area contributed by atoms with Gasteiger partial charge in [0.1, 0.15) is 11.5 Å². The van der Waals surface area contributed by atoms with E-state index in [1.165, 1.54) is 17.3 Å². The van der Waals surface area contributed by atoms with Crippen molar-refractivity contribution in [2.24, 2.45) is 4.99 Å². The van der Waals surface area contributed by atoms with Crippen LogP contribution in [-0.2, 0) is 4.79 Å². The number of amidine groups is 1. The van der Waals surface area contributed by atoms with Crippen molar-refractivity contribution in [3.05, 3.63) is 58.0 Å². The second-order valence-electron chi connectivity index (χ2n) is 5.81. The molecule has 0 atom stereocenters. The van der Waals surface area contributed by atoms with E-state index in [2.05, 4.69) is 10.3 Å². The van der Waals surface area contributed by atoms with Crippen LogP contribution < -0.4 is 14.8 Å². The molecule has 1 aliphatic heterocycles. The Kier molecular flexibility index (Phi) is 5.32. The van der Waals surface area contributed by atoms with Gasteiger partial charge in [0.15, 0.2) is 5.17 Å². The number of nitrogens with zero attached hydrogens (tertiary/aromatic N) is 1. The second kappa shape index (κ2) is 7.66. The number of amides is 1. The molecule has 1 N–H and O–H groups in total. The summed E-state index contributed by atoms with van der Waals surface area (Å²) in [7, 11) is 3.19. The molecule has 2 aromatic carbocycles. The summed E-state index contributed by atoms with van der Waals surface area (Å²) in [5.74, 6) is 1.17. The van der Waals surface area contributed by atoms with Crippen LogP contribution >= 0.6 is 11.8 Å². The Morgan fingerprint density at radius 1 is 1.12 bits per heavy atom. The van der Waals surface area contributed by atoms with E-state index in [1.807, 2.05) is 44.2 Å². The number of hydrogen-bond acceptors (Lipinski definition) is 5. The van der Waals surface area contributed by atoms with E-state index in [-0.39, 0.29) is 5.91 Å². The number of benzene rings is 2. The molecule has 1 saturated heterocycles. The van der Waals surface area contributed by atoms with Crippen LogP contribution in [-0.4, -0.2) is 25.3 Å². The van der Waals surface area contributed by atoms with Crippen molar-refractivity contribution in [3.63, 3.8) is 0 Å². The number of carbonyl (C=O) groups is 1. The SMILES string of the molecule is COc1ccc(/C=C2/SC(=Nc3cccc(C)c3C)NC2=O)c(OC)c1. The third-order valence-corrected chi connectivity index (χ3v) is 5.09. The summed E-state index contributed by atoms with van der Waals surface area (Å²) in [6, 6.07) is 11.4. The number of aliphatic imine (C=N–C) groups is 1. The van der Waals surface area contributed by atoms with E-state index in [0.29, 0.717) is 21.6 Å². The van der Waals surface area contributed by atoms with Gasteiger partial charge in [-0.1, -0.05) is 12.1 Å². The predicted molar refractivity (Wildman–Crippen MR) is 106 cm³/mol. The topological polar surface area (TPSA) is 59.9 Å². The van der Waals surface area contributed by atoms with E-state index in [9.17, 15) is 4.79 Å². The molecule has 0 unspecified atom stereocenters. The highest BCUT2D eigenvalue weighted by Crippen LogP contribution is 2.33. The van der Waals surface area contributed by atoms with Crippen molar-refractivity contribution in [2.75, 3.05) is 14.2 Å². The highest BCUT2D eigenvalue weighted by Gasteiger charge is 2.24. The zero-order valence-corrected chi connectivity index (χ0v) is 15.9. The van der Waals surface area contributed by atoms with Crippen LogP contribution in [0.2, 0.25) is 0 Å². The smallest absolute Gasteiger partial charge is 0.264 e. The van der Waals surface area contributed by atoms with Crippen LogP contribution in [0.15, 0.2) is 46.3 Å². The van der Waals surface area contributed by atoms with Gasteiger partial charge in [-0.15, -0.1) is 0 Å². The summed E-state index contributed by atoms with van der Waals surface area (Å²) < 4.78 is 10.6. The van der Waals surface area contributed by atoms with Crippen molar-refractivity contribution in [1.29, 1.82) is 0 Å². The minimum absolute atomic E-state index is 0.170. The standard InChI is InChI=1S/C20H20N2O3S/c1-12-6-5-7-16(13(12)2)21-20-22-19(23)18(26-20)10-14-8-9-15(24-3)11-17(14)25-4/h5-11H,1-4H3,(H,21,22,23)/b18-10+. The molecule has 0 saturated carbocycles. The zero-order chi connectivity index (χ0) is 18.7. The number of methoxy groups -OCH3 is 2. The van der Waals surface area contributed by atoms with Crippen LogP contribution in [0.5, 0.6) is 11.5 Å². The maximum atomic E-state index is 12.3. The van der Waals surface area contributed by atoms with E-state index < -0.39 is 0 Å². The quantitative estimate of drug-likeness (QED) is 0.821. The average molecular weight is 368 g/mol. The second-order valence-corrected chi connectivity index (χ2v) is 6.84. The summed E-state index contributed by atoms with van der Waals surface area (Å²) >= 11 is 1.32. The molecule has 1 heterocycles. The van der Waals surface area contributed by atoms with Crippen LogP contribution in [0, 0.1) is 13.8 Å². The summed E-state index contributed by atoms with van der Waals surface area (Å²) in [4.78, 5) is 17.5. The lowest BCUT2D eigenvalue weighted by molar-refractivity contribution is -0.115. The van der Waals surface area contributed by atoms with Gasteiger partial charge < -0.3 is 14.8 Å². The first-order chi connectivity index (χ1) is 12.5. The summed E-state index contributed by atoms with van der Waals surface area (Å²) in [6.07, 6.45) is 1.80. The minimum Gasteiger partial charge on any atom is -0.497 e. The Morgan fingerprint density at radius 3 is 2.65 bits per heavy atom. The first-order valence-electron chi connectivity index (χ1n) is 8.09. The van der Waals surface area contributed by atoms with Gasteiger partial charge >= 0.3 is 0 Å². The predicted octanol–water partition coefficient (Wildman–Crippen LogP) is 4.21. The summed E-state index contributed by atoms with van der Waals surface area (Å²) in [5, 5.41) is 3.39. The first-order valence-corrected chi connectivity index (χ1v) is 8.91. The van der Waals surface area contributed by atoms with E-state index in [0.717, 1.165) is 16.8 Å². The Hall–Kier alpha value is -2.73. The molecule has 6 heteroatoms. The van der Waals surface area contributed by atoms with Gasteiger partial charge in [0.2, 0.25) is 0 Å². The number of nitrogens with one attached hydrogen (secondary N) is 1. The average Bonchev–Trinajstić information content (AvgIpc) is 2.98. The van der Waals surface area contributed by atoms with Gasteiger partial charge in [0.25, 0.3) is 5.91 Å². The monoisotopic (exact) mass is 368 g/mol. The number of aryl methyl sites for hydroxylation is 1. The molecule has 134 valence electrons. The van der Waals surface area contributed by atoms with Crippen molar-refractivity contribution in [1.82, 2.24) is 5.32 Å². The number of carbonyl (C=O) groups excluding carboxylic acids is 1. The summed E-state index contributed by atoms with van der Waals surface area (Å²) in [5.41, 5.74) is 3.93. The molecule has 5 nitrogen and oxygen atoms in total. The molecule has 0 spiro atoms. The normalized spacial score (nSPS) is 16.8. The van der Waals surface area contributed by atoms with Gasteiger partial charge in [-0.05, 0) is 61.0 Å². The molecule has 0 bridgehead atoms. The highest BCUT2D eigenvalue weighted by atomic mass is 32.2. The van der Waals surface area contributed by atoms with Crippen molar-refractivity contribution >= 4 is 34.6 Å². The zero-order valence-electron chi connectivity index (χ0n) is 15.1. The third kappa shape index (κ3) is 3.75. The minimum atomic E-state index is -0.170. The van der Waals surface area contributed by atoms with Crippen LogP contribution in [0.25, 0.3) is 6.08 Å². The van der Waals surface area contributed by atoms with Crippen LogP contribution in [0.4, 0.5) is 5.69 Å². The van der Waals surface area contributed by atoms with Gasteiger partial charge in [0, 0.05) is 11.6 Å². The molecule has 1 amide bonds. The third-order valence-electron chi connectivity index (χ3n) is 4.18. The fraction of sp³-hybridized carbons (Fsp3) is 0.200. The fourth-order valence-electron chi connectivity index (χ4n) is 2.53. The molecular formula is C20H20N2O3S. The molecule has 0 aromatic heterocycles. The number of hydrogen-bond donors (Lipinski definition) is 1. The molecule has 1 aliphatic rings. The number of ether oxygens (including phenoxy) is 2.